The molecule has 0 atom stereocenters. The van der Waals surface area contributed by atoms with Crippen molar-refractivity contribution < 1.29 is 23.2 Å². The minimum Gasteiger partial charge on any atom is -0.497 e. The highest BCUT2D eigenvalue weighted by Gasteiger charge is 2.52. The molecule has 0 spiro atoms. The maximum absolute atomic E-state index is 15.5. The highest BCUT2D eigenvalue weighted by Crippen LogP contribution is 2.36. The van der Waals surface area contributed by atoms with Gasteiger partial charge in [0.15, 0.2) is 11.6 Å². The number of aromatic nitrogens is 1. The fourth-order valence-electron chi connectivity index (χ4n) is 3.89. The summed E-state index contributed by atoms with van der Waals surface area (Å²) < 4.78 is 38.2. The number of methoxy groups -OCH3 is 2. The quantitative estimate of drug-likeness (QED) is 0.436. The average Bonchev–Trinajstić information content (AvgIpc) is 3.06. The van der Waals surface area contributed by atoms with Crippen molar-refractivity contribution >= 4 is 18.4 Å². The fraction of sp³-hybridized carbons (Fsp3) is 0.370. The van der Waals surface area contributed by atoms with Crippen LogP contribution in [0.15, 0.2) is 60.8 Å². The van der Waals surface area contributed by atoms with Crippen molar-refractivity contribution in [3.05, 3.63) is 77.7 Å². The maximum Gasteiger partial charge on any atom is 0.496 e. The average molecular weight is 478 g/mol. The summed E-state index contributed by atoms with van der Waals surface area (Å²) in [5.41, 5.74) is 1.55. The lowest BCUT2D eigenvalue weighted by Crippen LogP contribution is -2.41. The van der Waals surface area contributed by atoms with Gasteiger partial charge >= 0.3 is 7.12 Å². The third-order valence-corrected chi connectivity index (χ3v) is 6.73. The van der Waals surface area contributed by atoms with Gasteiger partial charge < -0.3 is 23.7 Å². The number of ether oxygens (including phenoxy) is 2. The SMILES string of the molecule is COc1ccc(CN(Cc2ccc(OC)cc2)c2ncc(B3OC(C)(C)C(C)(C)O3)cc2F)cc1. The lowest BCUT2D eigenvalue weighted by atomic mass is 9.80. The van der Waals surface area contributed by atoms with E-state index in [1.54, 1.807) is 20.4 Å². The van der Waals surface area contributed by atoms with E-state index in [9.17, 15) is 0 Å². The fourth-order valence-corrected chi connectivity index (χ4v) is 3.89. The predicted molar refractivity (Wildman–Crippen MR) is 136 cm³/mol. The smallest absolute Gasteiger partial charge is 0.496 e. The summed E-state index contributed by atoms with van der Waals surface area (Å²) >= 11 is 0. The van der Waals surface area contributed by atoms with Gasteiger partial charge in [0.05, 0.1) is 25.4 Å². The Kier molecular flexibility index (Phi) is 7.06. The highest BCUT2D eigenvalue weighted by molar-refractivity contribution is 6.62. The van der Waals surface area contributed by atoms with Gasteiger partial charge in [0.25, 0.3) is 0 Å². The Labute approximate surface area is 207 Å². The molecular weight excluding hydrogens is 446 g/mol. The first kappa shape index (κ1) is 25.0. The lowest BCUT2D eigenvalue weighted by molar-refractivity contribution is 0.00578. The van der Waals surface area contributed by atoms with Crippen molar-refractivity contribution in [3.63, 3.8) is 0 Å². The van der Waals surface area contributed by atoms with Crippen LogP contribution in [0.1, 0.15) is 38.8 Å². The van der Waals surface area contributed by atoms with E-state index in [4.69, 9.17) is 18.8 Å². The third kappa shape index (κ3) is 5.44. The minimum atomic E-state index is -0.673. The molecule has 3 aromatic rings. The zero-order chi connectivity index (χ0) is 25.2. The van der Waals surface area contributed by atoms with Crippen molar-refractivity contribution in [2.24, 2.45) is 0 Å². The standard InChI is InChI=1S/C27H32BFN2O4/c1-26(2)27(3,4)35-28(34-26)21-15-24(29)25(30-16-21)31(17-19-7-11-22(32-5)12-8-19)18-20-9-13-23(33-6)14-10-20/h7-16H,17-18H2,1-6H3. The van der Waals surface area contributed by atoms with Gasteiger partial charge in [0, 0.05) is 24.7 Å². The topological polar surface area (TPSA) is 53.1 Å². The Morgan fingerprint density at radius 2 is 1.29 bits per heavy atom. The van der Waals surface area contributed by atoms with Gasteiger partial charge in [-0.05, 0) is 69.2 Å². The summed E-state index contributed by atoms with van der Waals surface area (Å²) in [6.07, 6.45) is 1.63. The number of benzene rings is 2. The van der Waals surface area contributed by atoms with Gasteiger partial charge in [-0.1, -0.05) is 24.3 Å². The molecule has 1 aliphatic rings. The summed E-state index contributed by atoms with van der Waals surface area (Å²) in [6.45, 7) is 8.81. The molecule has 4 rings (SSSR count). The molecule has 1 aliphatic heterocycles. The second-order valence-electron chi connectivity index (χ2n) is 9.71. The van der Waals surface area contributed by atoms with Crippen LogP contribution in [0, 0.1) is 5.82 Å². The van der Waals surface area contributed by atoms with E-state index in [0.29, 0.717) is 18.6 Å². The van der Waals surface area contributed by atoms with Crippen molar-refractivity contribution in [1.82, 2.24) is 4.98 Å². The van der Waals surface area contributed by atoms with Gasteiger partial charge in [0.2, 0.25) is 0 Å². The molecule has 2 heterocycles. The van der Waals surface area contributed by atoms with E-state index < -0.39 is 24.1 Å². The molecule has 0 radical (unpaired) electrons. The number of rotatable bonds is 8. The highest BCUT2D eigenvalue weighted by atomic mass is 19.1. The van der Waals surface area contributed by atoms with E-state index in [-0.39, 0.29) is 5.82 Å². The summed E-state index contributed by atoms with van der Waals surface area (Å²) in [5.74, 6) is 1.37. The summed E-state index contributed by atoms with van der Waals surface area (Å²) in [7, 11) is 2.59. The number of hydrogen-bond donors (Lipinski definition) is 0. The first-order valence-electron chi connectivity index (χ1n) is 11.6. The van der Waals surface area contributed by atoms with Gasteiger partial charge in [-0.3, -0.25) is 0 Å². The Balaban J connectivity index is 1.62. The summed E-state index contributed by atoms with van der Waals surface area (Å²) in [5, 5.41) is 0. The molecule has 2 aromatic carbocycles. The Hall–Kier alpha value is -3.10. The van der Waals surface area contributed by atoms with Crippen LogP contribution in [0.2, 0.25) is 0 Å². The largest absolute Gasteiger partial charge is 0.497 e. The Bertz CT molecular complexity index is 1090. The number of pyridine rings is 1. The molecule has 35 heavy (non-hydrogen) atoms. The molecule has 6 nitrogen and oxygen atoms in total. The summed E-state index contributed by atoms with van der Waals surface area (Å²) in [4.78, 5) is 6.43. The molecule has 0 amide bonds. The number of hydrogen-bond acceptors (Lipinski definition) is 6. The monoisotopic (exact) mass is 478 g/mol. The van der Waals surface area contributed by atoms with Crippen LogP contribution >= 0.6 is 0 Å². The van der Waals surface area contributed by atoms with Gasteiger partial charge in [-0.15, -0.1) is 0 Å². The van der Waals surface area contributed by atoms with Crippen molar-refractivity contribution in [2.75, 3.05) is 19.1 Å². The van der Waals surface area contributed by atoms with Crippen LogP contribution in [0.3, 0.4) is 0 Å². The van der Waals surface area contributed by atoms with Crippen LogP contribution in [-0.4, -0.2) is 37.5 Å². The van der Waals surface area contributed by atoms with E-state index in [1.165, 1.54) is 6.07 Å². The molecule has 0 unspecified atom stereocenters. The predicted octanol–water partition coefficient (Wildman–Crippen LogP) is 4.74. The molecule has 1 aromatic heterocycles. The maximum atomic E-state index is 15.5. The number of halogens is 1. The van der Waals surface area contributed by atoms with Gasteiger partial charge in [0.1, 0.15) is 11.5 Å². The second-order valence-corrected chi connectivity index (χ2v) is 9.71. The van der Waals surface area contributed by atoms with Crippen molar-refractivity contribution in [2.45, 2.75) is 52.0 Å². The van der Waals surface area contributed by atoms with Crippen LogP contribution < -0.4 is 19.8 Å². The van der Waals surface area contributed by atoms with E-state index >= 15 is 4.39 Å². The van der Waals surface area contributed by atoms with Crippen LogP contribution in [0.25, 0.3) is 0 Å². The lowest BCUT2D eigenvalue weighted by Gasteiger charge is -2.32. The Morgan fingerprint density at radius 1 is 0.829 bits per heavy atom. The molecule has 184 valence electrons. The second kappa shape index (κ2) is 9.87. The first-order chi connectivity index (χ1) is 16.6. The van der Waals surface area contributed by atoms with Crippen LogP contribution in [0.5, 0.6) is 11.5 Å². The Morgan fingerprint density at radius 3 is 1.69 bits per heavy atom. The first-order valence-corrected chi connectivity index (χ1v) is 11.6. The summed E-state index contributed by atoms with van der Waals surface area (Å²) in [6, 6.07) is 16.9. The zero-order valence-corrected chi connectivity index (χ0v) is 21.2. The van der Waals surface area contributed by atoms with Crippen molar-refractivity contribution in [1.29, 1.82) is 0 Å². The molecule has 0 bridgehead atoms. The van der Waals surface area contributed by atoms with Crippen LogP contribution in [-0.2, 0) is 22.4 Å². The molecule has 0 saturated carbocycles. The molecule has 8 heteroatoms. The molecule has 0 N–H and O–H groups in total. The minimum absolute atomic E-state index is 0.261. The normalized spacial score (nSPS) is 16.3. The van der Waals surface area contributed by atoms with E-state index in [2.05, 4.69) is 4.98 Å². The van der Waals surface area contributed by atoms with Crippen molar-refractivity contribution in [3.8, 4) is 11.5 Å². The van der Waals surface area contributed by atoms with E-state index in [1.807, 2.05) is 81.1 Å². The van der Waals surface area contributed by atoms with Gasteiger partial charge in [-0.25, -0.2) is 9.37 Å². The number of nitrogens with zero attached hydrogens (tertiary/aromatic N) is 2. The zero-order valence-electron chi connectivity index (χ0n) is 21.2. The number of anilines is 1. The van der Waals surface area contributed by atoms with Gasteiger partial charge in [-0.2, -0.15) is 0 Å². The van der Waals surface area contributed by atoms with E-state index in [0.717, 1.165) is 22.6 Å². The third-order valence-electron chi connectivity index (χ3n) is 6.73. The molecule has 1 saturated heterocycles. The molecule has 1 fully saturated rings. The molecule has 0 aliphatic carbocycles. The van der Waals surface area contributed by atoms with Crippen LogP contribution in [0.4, 0.5) is 10.2 Å². The molecular formula is C27H32BFN2O4.